The van der Waals surface area contributed by atoms with Crippen LogP contribution >= 0.6 is 11.3 Å². The van der Waals surface area contributed by atoms with Crippen LogP contribution in [0.25, 0.3) is 0 Å². The Bertz CT molecular complexity index is 743. The maximum atomic E-state index is 4.89. The lowest BCUT2D eigenvalue weighted by Gasteiger charge is -2.39. The van der Waals surface area contributed by atoms with Gasteiger partial charge in [0.05, 0.1) is 29.6 Å². The molecule has 0 aliphatic carbocycles. The van der Waals surface area contributed by atoms with Gasteiger partial charge in [0.15, 0.2) is 5.96 Å². The minimum absolute atomic E-state index is 0.0954. The van der Waals surface area contributed by atoms with Gasteiger partial charge in [-0.05, 0) is 19.3 Å². The molecule has 0 bridgehead atoms. The first-order chi connectivity index (χ1) is 12.9. The zero-order valence-electron chi connectivity index (χ0n) is 17.1. The molecule has 3 heterocycles. The van der Waals surface area contributed by atoms with Crippen molar-refractivity contribution in [2.45, 2.75) is 59.0 Å². The zero-order valence-corrected chi connectivity index (χ0v) is 18.0. The lowest BCUT2D eigenvalue weighted by atomic mass is 9.93. The standard InChI is InChI=1S/C20H32N6S/c1-6-22-19(23-11-16-13-27-18(24-16)20(3,4)5)25-9-7-15(2)17(12-25)26-10-8-21-14-26/h8,10,13-15,17H,6-7,9,11-12H2,1-5H3,(H,22,23). The number of nitrogens with one attached hydrogen (secondary N) is 1. The van der Waals surface area contributed by atoms with Crippen LogP contribution in [0.1, 0.15) is 57.8 Å². The average molecular weight is 389 g/mol. The van der Waals surface area contributed by atoms with E-state index in [1.807, 2.05) is 12.5 Å². The number of nitrogens with zero attached hydrogens (tertiary/aromatic N) is 5. The third kappa shape index (κ3) is 4.89. The molecule has 0 spiro atoms. The molecule has 27 heavy (non-hydrogen) atoms. The van der Waals surface area contributed by atoms with Gasteiger partial charge in [0.2, 0.25) is 0 Å². The molecule has 2 aromatic rings. The fraction of sp³-hybridized carbons (Fsp3) is 0.650. The molecular weight excluding hydrogens is 356 g/mol. The van der Waals surface area contributed by atoms with Crippen LogP contribution in [0.3, 0.4) is 0 Å². The normalized spacial score (nSPS) is 21.5. The van der Waals surface area contributed by atoms with E-state index < -0.39 is 0 Å². The van der Waals surface area contributed by atoms with Crippen molar-refractivity contribution >= 4 is 17.3 Å². The molecule has 1 N–H and O–H groups in total. The summed E-state index contributed by atoms with van der Waals surface area (Å²) in [5.74, 6) is 1.62. The molecule has 1 fully saturated rings. The van der Waals surface area contributed by atoms with Gasteiger partial charge in [0.25, 0.3) is 0 Å². The smallest absolute Gasteiger partial charge is 0.194 e. The summed E-state index contributed by atoms with van der Waals surface area (Å²) in [4.78, 5) is 16.3. The van der Waals surface area contributed by atoms with E-state index in [2.05, 4.69) is 66.0 Å². The van der Waals surface area contributed by atoms with Crippen molar-refractivity contribution in [3.63, 3.8) is 0 Å². The molecule has 3 rings (SSSR count). The van der Waals surface area contributed by atoms with Crippen LogP contribution in [0.2, 0.25) is 0 Å². The molecule has 6 nitrogen and oxygen atoms in total. The molecule has 1 saturated heterocycles. The SMILES string of the molecule is CCNC(=NCc1csc(C(C)(C)C)n1)N1CCC(C)C(n2ccnc2)C1. The second kappa shape index (κ2) is 8.42. The Morgan fingerprint density at radius 3 is 2.85 bits per heavy atom. The molecule has 1 aliphatic rings. The van der Waals surface area contributed by atoms with Gasteiger partial charge < -0.3 is 14.8 Å². The minimum atomic E-state index is 0.0954. The van der Waals surface area contributed by atoms with Crippen molar-refractivity contribution in [2.24, 2.45) is 10.9 Å². The number of imidazole rings is 1. The van der Waals surface area contributed by atoms with E-state index in [0.29, 0.717) is 18.5 Å². The number of thiazole rings is 1. The van der Waals surface area contributed by atoms with Crippen LogP contribution in [0.15, 0.2) is 29.1 Å². The first-order valence-corrected chi connectivity index (χ1v) is 10.7. The van der Waals surface area contributed by atoms with E-state index in [9.17, 15) is 0 Å². The van der Waals surface area contributed by atoms with E-state index in [-0.39, 0.29) is 5.41 Å². The van der Waals surface area contributed by atoms with Crippen molar-refractivity contribution in [1.29, 1.82) is 0 Å². The van der Waals surface area contributed by atoms with Crippen LogP contribution in [-0.4, -0.2) is 45.0 Å². The molecule has 2 aromatic heterocycles. The monoisotopic (exact) mass is 388 g/mol. The van der Waals surface area contributed by atoms with Crippen molar-refractivity contribution < 1.29 is 0 Å². The van der Waals surface area contributed by atoms with Gasteiger partial charge >= 0.3 is 0 Å². The predicted octanol–water partition coefficient (Wildman–Crippen LogP) is 3.69. The topological polar surface area (TPSA) is 58.3 Å². The molecular formula is C20H32N6S. The van der Waals surface area contributed by atoms with Gasteiger partial charge in [0, 0.05) is 42.8 Å². The third-order valence-corrected chi connectivity index (χ3v) is 6.36. The molecule has 148 valence electrons. The largest absolute Gasteiger partial charge is 0.357 e. The lowest BCUT2D eigenvalue weighted by Crippen LogP contribution is -2.49. The number of rotatable bonds is 4. The molecule has 0 amide bonds. The van der Waals surface area contributed by atoms with Gasteiger partial charge in [-0.3, -0.25) is 0 Å². The fourth-order valence-electron chi connectivity index (χ4n) is 3.40. The van der Waals surface area contributed by atoms with Crippen molar-refractivity contribution in [2.75, 3.05) is 19.6 Å². The van der Waals surface area contributed by atoms with Gasteiger partial charge in [-0.2, -0.15) is 0 Å². The molecule has 7 heteroatoms. The number of piperidine rings is 1. The van der Waals surface area contributed by atoms with Crippen LogP contribution in [0.4, 0.5) is 0 Å². The molecule has 0 saturated carbocycles. The second-order valence-corrected chi connectivity index (χ2v) is 9.21. The highest BCUT2D eigenvalue weighted by atomic mass is 32.1. The highest BCUT2D eigenvalue weighted by Crippen LogP contribution is 2.28. The summed E-state index contributed by atoms with van der Waals surface area (Å²) < 4.78 is 2.23. The Labute approximate surface area is 166 Å². The number of aliphatic imine (C=N–C) groups is 1. The summed E-state index contributed by atoms with van der Waals surface area (Å²) in [6.45, 7) is 14.5. The van der Waals surface area contributed by atoms with Gasteiger partial charge in [-0.15, -0.1) is 11.3 Å². The predicted molar refractivity (Wildman–Crippen MR) is 112 cm³/mol. The van der Waals surface area contributed by atoms with E-state index in [1.54, 1.807) is 11.3 Å². The number of hydrogen-bond donors (Lipinski definition) is 1. The molecule has 2 unspecified atom stereocenters. The maximum absolute atomic E-state index is 4.89. The molecule has 0 aromatic carbocycles. The van der Waals surface area contributed by atoms with Crippen molar-refractivity contribution in [3.05, 3.63) is 34.8 Å². The van der Waals surface area contributed by atoms with Gasteiger partial charge in [-0.25, -0.2) is 15.0 Å². The number of guanidine groups is 1. The highest BCUT2D eigenvalue weighted by Gasteiger charge is 2.29. The highest BCUT2D eigenvalue weighted by molar-refractivity contribution is 7.09. The Kier molecular flexibility index (Phi) is 6.19. The molecule has 0 radical (unpaired) electrons. The van der Waals surface area contributed by atoms with Crippen molar-refractivity contribution in [3.8, 4) is 0 Å². The number of likely N-dealkylation sites (tertiary alicyclic amines) is 1. The molecule has 1 aliphatic heterocycles. The van der Waals surface area contributed by atoms with E-state index in [0.717, 1.165) is 37.7 Å². The Morgan fingerprint density at radius 1 is 1.41 bits per heavy atom. The van der Waals surface area contributed by atoms with Crippen molar-refractivity contribution in [1.82, 2.24) is 24.8 Å². The number of aromatic nitrogens is 3. The minimum Gasteiger partial charge on any atom is -0.357 e. The zero-order chi connectivity index (χ0) is 19.4. The summed E-state index contributed by atoms with van der Waals surface area (Å²) >= 11 is 1.73. The van der Waals surface area contributed by atoms with Crippen LogP contribution in [0, 0.1) is 5.92 Å². The van der Waals surface area contributed by atoms with Gasteiger partial charge in [0.1, 0.15) is 0 Å². The Hall–Kier alpha value is -1.89. The summed E-state index contributed by atoms with van der Waals surface area (Å²) in [5.41, 5.74) is 1.15. The summed E-state index contributed by atoms with van der Waals surface area (Å²) in [6.07, 6.45) is 7.01. The average Bonchev–Trinajstić information content (AvgIpc) is 3.30. The van der Waals surface area contributed by atoms with Crippen LogP contribution in [0.5, 0.6) is 0 Å². The van der Waals surface area contributed by atoms with Crippen LogP contribution in [-0.2, 0) is 12.0 Å². The lowest BCUT2D eigenvalue weighted by molar-refractivity contribution is 0.189. The summed E-state index contributed by atoms with van der Waals surface area (Å²) in [5, 5.41) is 6.78. The first-order valence-electron chi connectivity index (χ1n) is 9.84. The Morgan fingerprint density at radius 2 is 2.22 bits per heavy atom. The van der Waals surface area contributed by atoms with E-state index >= 15 is 0 Å². The third-order valence-electron chi connectivity index (χ3n) is 5.05. The van der Waals surface area contributed by atoms with Crippen LogP contribution < -0.4 is 5.32 Å². The number of hydrogen-bond acceptors (Lipinski definition) is 4. The fourth-order valence-corrected chi connectivity index (χ4v) is 4.30. The first kappa shape index (κ1) is 19.9. The van der Waals surface area contributed by atoms with Gasteiger partial charge in [-0.1, -0.05) is 27.7 Å². The second-order valence-electron chi connectivity index (χ2n) is 8.35. The molecule has 2 atom stereocenters. The van der Waals surface area contributed by atoms with E-state index in [1.165, 1.54) is 5.01 Å². The quantitative estimate of drug-likeness (QED) is 0.641. The van der Waals surface area contributed by atoms with E-state index in [4.69, 9.17) is 9.98 Å². The summed E-state index contributed by atoms with van der Waals surface area (Å²) in [6, 6.07) is 0.428. The Balaban J connectivity index is 1.72. The summed E-state index contributed by atoms with van der Waals surface area (Å²) in [7, 11) is 0. The maximum Gasteiger partial charge on any atom is 0.194 e.